The highest BCUT2D eigenvalue weighted by molar-refractivity contribution is 6.36. The Kier molecular flexibility index (Phi) is 9.18. The third-order valence-corrected chi connectivity index (χ3v) is 5.87. The first-order valence-electron chi connectivity index (χ1n) is 9.94. The summed E-state index contributed by atoms with van der Waals surface area (Å²) >= 11 is 24.9. The average Bonchev–Trinajstić information content (AvgIpc) is 2.74. The molecule has 0 aliphatic carbocycles. The molecule has 0 atom stereocenters. The van der Waals surface area contributed by atoms with Crippen LogP contribution in [-0.2, 0) is 19.6 Å². The Labute approximate surface area is 203 Å². The molecule has 7 heteroatoms. The minimum Gasteiger partial charge on any atom is -0.490 e. The first-order chi connectivity index (χ1) is 15.0. The normalized spacial score (nSPS) is 10.9. The summed E-state index contributed by atoms with van der Waals surface area (Å²) in [4.78, 5) is 0. The highest BCUT2D eigenvalue weighted by Crippen LogP contribution is 2.38. The van der Waals surface area contributed by atoms with Gasteiger partial charge in [0.25, 0.3) is 0 Å². The van der Waals surface area contributed by atoms with E-state index in [0.29, 0.717) is 45.3 Å². The molecule has 3 nitrogen and oxygen atoms in total. The highest BCUT2D eigenvalue weighted by atomic mass is 35.5. The fraction of sp³-hybridized carbons (Fsp3) is 0.250. The second-order valence-electron chi connectivity index (χ2n) is 6.88. The molecule has 0 aliphatic rings. The van der Waals surface area contributed by atoms with E-state index in [1.807, 2.05) is 43.3 Å². The molecule has 31 heavy (non-hydrogen) atoms. The summed E-state index contributed by atoms with van der Waals surface area (Å²) in [6, 6.07) is 17.0. The second-order valence-corrected chi connectivity index (χ2v) is 8.54. The fourth-order valence-electron chi connectivity index (χ4n) is 3.06. The molecule has 164 valence electrons. The maximum absolute atomic E-state index is 6.53. The van der Waals surface area contributed by atoms with Crippen LogP contribution in [0.25, 0.3) is 0 Å². The van der Waals surface area contributed by atoms with Gasteiger partial charge in [-0.2, -0.15) is 0 Å². The zero-order valence-corrected chi connectivity index (χ0v) is 20.1. The van der Waals surface area contributed by atoms with Gasteiger partial charge < -0.3 is 14.8 Å². The predicted octanol–water partition coefficient (Wildman–Crippen LogP) is 7.61. The Morgan fingerprint density at radius 1 is 0.806 bits per heavy atom. The third kappa shape index (κ3) is 6.93. The number of hydrogen-bond acceptors (Lipinski definition) is 3. The van der Waals surface area contributed by atoms with Crippen LogP contribution in [0, 0.1) is 0 Å². The first-order valence-corrected chi connectivity index (χ1v) is 11.4. The molecule has 0 fully saturated rings. The Balaban J connectivity index is 1.64. The quantitative estimate of drug-likeness (QED) is 0.292. The molecule has 0 saturated heterocycles. The fourth-order valence-corrected chi connectivity index (χ4v) is 3.98. The molecule has 0 aromatic heterocycles. The van der Waals surface area contributed by atoms with Crippen LogP contribution in [0.5, 0.6) is 11.5 Å². The smallest absolute Gasteiger partial charge is 0.180 e. The van der Waals surface area contributed by atoms with Crippen molar-refractivity contribution in [2.45, 2.75) is 26.5 Å². The lowest BCUT2D eigenvalue weighted by Crippen LogP contribution is -2.16. The second kappa shape index (κ2) is 11.8. The Bertz CT molecular complexity index is 989. The van der Waals surface area contributed by atoms with Crippen molar-refractivity contribution in [2.24, 2.45) is 0 Å². The lowest BCUT2D eigenvalue weighted by molar-refractivity contribution is 0.269. The van der Waals surface area contributed by atoms with Crippen molar-refractivity contribution in [3.63, 3.8) is 0 Å². The van der Waals surface area contributed by atoms with Crippen molar-refractivity contribution in [1.82, 2.24) is 5.32 Å². The molecule has 3 rings (SSSR count). The number of benzene rings is 3. The molecule has 1 N–H and O–H groups in total. The Morgan fingerprint density at radius 2 is 1.52 bits per heavy atom. The zero-order chi connectivity index (χ0) is 22.2. The number of hydrogen-bond donors (Lipinski definition) is 1. The van der Waals surface area contributed by atoms with E-state index in [0.717, 1.165) is 23.6 Å². The summed E-state index contributed by atoms with van der Waals surface area (Å²) in [5.74, 6) is 1.07. The zero-order valence-electron chi connectivity index (χ0n) is 17.1. The molecule has 0 unspecified atom stereocenters. The van der Waals surface area contributed by atoms with Crippen molar-refractivity contribution in [3.05, 3.63) is 91.4 Å². The molecule has 0 amide bonds. The lowest BCUT2D eigenvalue weighted by atomic mass is 10.1. The van der Waals surface area contributed by atoms with Crippen LogP contribution in [0.4, 0.5) is 0 Å². The van der Waals surface area contributed by atoms with E-state index < -0.39 is 0 Å². The summed E-state index contributed by atoms with van der Waals surface area (Å²) < 4.78 is 11.7. The van der Waals surface area contributed by atoms with Gasteiger partial charge in [-0.05, 0) is 67.4 Å². The van der Waals surface area contributed by atoms with Gasteiger partial charge in [-0.3, -0.25) is 0 Å². The SMILES string of the molecule is CCOc1cc(CNCCc2ccc(Cl)cc2)cc(Cl)c1OCc1c(Cl)cccc1Cl. The topological polar surface area (TPSA) is 30.5 Å². The molecule has 0 saturated carbocycles. The monoisotopic (exact) mass is 497 g/mol. The highest BCUT2D eigenvalue weighted by Gasteiger charge is 2.15. The van der Waals surface area contributed by atoms with Crippen molar-refractivity contribution in [1.29, 1.82) is 0 Å². The van der Waals surface area contributed by atoms with Crippen molar-refractivity contribution >= 4 is 46.4 Å². The number of rotatable bonds is 10. The Morgan fingerprint density at radius 3 is 2.19 bits per heavy atom. The van der Waals surface area contributed by atoms with E-state index in [1.54, 1.807) is 18.2 Å². The lowest BCUT2D eigenvalue weighted by Gasteiger charge is -2.16. The van der Waals surface area contributed by atoms with Gasteiger partial charge in [0.2, 0.25) is 0 Å². The standard InChI is InChI=1S/C24H23Cl4NO2/c1-2-30-23-13-17(14-29-11-10-16-6-8-18(25)9-7-16)12-22(28)24(23)31-15-19-20(26)4-3-5-21(19)27/h3-9,12-13,29H,2,10-11,14-15H2,1H3. The first kappa shape index (κ1) is 24.0. The van der Waals surface area contributed by atoms with E-state index in [9.17, 15) is 0 Å². The van der Waals surface area contributed by atoms with Gasteiger partial charge in [-0.1, -0.05) is 64.6 Å². The van der Waals surface area contributed by atoms with E-state index in [-0.39, 0.29) is 6.61 Å². The Hall–Kier alpha value is -1.62. The molecule has 0 spiro atoms. The van der Waals surface area contributed by atoms with E-state index in [4.69, 9.17) is 55.9 Å². The molecular formula is C24H23Cl4NO2. The molecular weight excluding hydrogens is 476 g/mol. The van der Waals surface area contributed by atoms with Crippen LogP contribution in [0.2, 0.25) is 20.1 Å². The van der Waals surface area contributed by atoms with Crippen LogP contribution in [0.1, 0.15) is 23.6 Å². The van der Waals surface area contributed by atoms with Crippen molar-refractivity contribution in [2.75, 3.05) is 13.2 Å². The summed E-state index contributed by atoms with van der Waals surface area (Å²) in [5.41, 5.74) is 2.94. The summed E-state index contributed by atoms with van der Waals surface area (Å²) in [6.45, 7) is 4.08. The molecule has 0 bridgehead atoms. The molecule has 3 aromatic rings. The van der Waals surface area contributed by atoms with Gasteiger partial charge in [0.15, 0.2) is 11.5 Å². The van der Waals surface area contributed by atoms with Crippen LogP contribution in [-0.4, -0.2) is 13.2 Å². The summed E-state index contributed by atoms with van der Waals surface area (Å²) in [7, 11) is 0. The van der Waals surface area contributed by atoms with E-state index in [2.05, 4.69) is 5.32 Å². The van der Waals surface area contributed by atoms with Gasteiger partial charge in [0, 0.05) is 27.2 Å². The summed E-state index contributed by atoms with van der Waals surface area (Å²) in [6.07, 6.45) is 0.906. The molecule has 3 aromatic carbocycles. The minimum absolute atomic E-state index is 0.191. The van der Waals surface area contributed by atoms with Gasteiger partial charge >= 0.3 is 0 Å². The van der Waals surface area contributed by atoms with Gasteiger partial charge in [-0.25, -0.2) is 0 Å². The van der Waals surface area contributed by atoms with Gasteiger partial charge in [0.1, 0.15) is 6.61 Å². The largest absolute Gasteiger partial charge is 0.490 e. The van der Waals surface area contributed by atoms with Crippen LogP contribution < -0.4 is 14.8 Å². The van der Waals surface area contributed by atoms with Gasteiger partial charge in [0.05, 0.1) is 11.6 Å². The number of halogens is 4. The van der Waals surface area contributed by atoms with E-state index >= 15 is 0 Å². The molecule has 0 radical (unpaired) electrons. The maximum atomic E-state index is 6.53. The van der Waals surface area contributed by atoms with Gasteiger partial charge in [-0.15, -0.1) is 0 Å². The van der Waals surface area contributed by atoms with Crippen molar-refractivity contribution in [3.8, 4) is 11.5 Å². The maximum Gasteiger partial charge on any atom is 0.180 e. The summed E-state index contributed by atoms with van der Waals surface area (Å²) in [5, 5.41) is 5.74. The molecule has 0 heterocycles. The number of ether oxygens (including phenoxy) is 2. The average molecular weight is 499 g/mol. The molecule has 0 aliphatic heterocycles. The van der Waals surface area contributed by atoms with Crippen molar-refractivity contribution < 1.29 is 9.47 Å². The third-order valence-electron chi connectivity index (χ3n) is 4.62. The van der Waals surface area contributed by atoms with E-state index in [1.165, 1.54) is 5.56 Å². The predicted molar refractivity (Wildman–Crippen MR) is 130 cm³/mol. The van der Waals surface area contributed by atoms with Crippen LogP contribution >= 0.6 is 46.4 Å². The van der Waals surface area contributed by atoms with Crippen LogP contribution in [0.15, 0.2) is 54.6 Å². The van der Waals surface area contributed by atoms with Crippen LogP contribution in [0.3, 0.4) is 0 Å². The minimum atomic E-state index is 0.191. The number of nitrogens with one attached hydrogen (secondary N) is 1.